The van der Waals surface area contributed by atoms with Crippen LogP contribution in [0.15, 0.2) is 12.4 Å². The van der Waals surface area contributed by atoms with Crippen molar-refractivity contribution in [2.45, 2.75) is 26.4 Å². The van der Waals surface area contributed by atoms with Crippen LogP contribution in [0.1, 0.15) is 12.5 Å². The predicted molar refractivity (Wildman–Crippen MR) is 60.9 cm³/mol. The van der Waals surface area contributed by atoms with E-state index >= 15 is 0 Å². The molecule has 2 rings (SSSR count). The van der Waals surface area contributed by atoms with Gasteiger partial charge in [-0.05, 0) is 19.4 Å². The highest BCUT2D eigenvalue weighted by Gasteiger charge is 2.14. The van der Waals surface area contributed by atoms with E-state index in [1.165, 1.54) is 5.56 Å². The number of aromatic nitrogens is 2. The van der Waals surface area contributed by atoms with E-state index in [9.17, 15) is 0 Å². The summed E-state index contributed by atoms with van der Waals surface area (Å²) in [5, 5.41) is 7.74. The summed E-state index contributed by atoms with van der Waals surface area (Å²) in [6.45, 7) is 9.85. The summed E-state index contributed by atoms with van der Waals surface area (Å²) in [5.74, 6) is 0. The summed E-state index contributed by atoms with van der Waals surface area (Å²) < 4.78 is 2.03. The third-order valence-electron chi connectivity index (χ3n) is 2.86. The molecule has 1 aromatic heterocycles. The molecule has 0 aliphatic carbocycles. The fourth-order valence-electron chi connectivity index (χ4n) is 2.05. The number of nitrogens with one attached hydrogen (secondary N) is 1. The number of hydrogen-bond donors (Lipinski definition) is 1. The zero-order chi connectivity index (χ0) is 10.7. The zero-order valence-corrected chi connectivity index (χ0v) is 9.61. The molecule has 0 radical (unpaired) electrons. The van der Waals surface area contributed by atoms with E-state index < -0.39 is 0 Å². The second-order valence-corrected chi connectivity index (χ2v) is 4.44. The quantitative estimate of drug-likeness (QED) is 0.784. The van der Waals surface area contributed by atoms with Crippen LogP contribution in [-0.2, 0) is 6.54 Å². The third kappa shape index (κ3) is 3.04. The average molecular weight is 208 g/mol. The molecule has 0 bridgehead atoms. The lowest BCUT2D eigenvalue weighted by atomic mass is 10.2. The Morgan fingerprint density at radius 1 is 1.53 bits per heavy atom. The second-order valence-electron chi connectivity index (χ2n) is 4.44. The number of piperazine rings is 1. The van der Waals surface area contributed by atoms with Crippen LogP contribution >= 0.6 is 0 Å². The molecule has 0 saturated carbocycles. The minimum atomic E-state index is 0.623. The van der Waals surface area contributed by atoms with Crippen LogP contribution in [0.25, 0.3) is 0 Å². The molecule has 1 saturated heterocycles. The topological polar surface area (TPSA) is 33.1 Å². The van der Waals surface area contributed by atoms with Gasteiger partial charge in [-0.1, -0.05) is 0 Å². The normalized spacial score (nSPS) is 23.2. The average Bonchev–Trinajstić information content (AvgIpc) is 2.62. The van der Waals surface area contributed by atoms with E-state index in [-0.39, 0.29) is 0 Å². The van der Waals surface area contributed by atoms with Gasteiger partial charge in [0.1, 0.15) is 0 Å². The Morgan fingerprint density at radius 3 is 3.07 bits per heavy atom. The lowest BCUT2D eigenvalue weighted by molar-refractivity contribution is 0.198. The van der Waals surface area contributed by atoms with E-state index in [0.717, 1.165) is 32.7 Å². The van der Waals surface area contributed by atoms with Crippen molar-refractivity contribution in [2.24, 2.45) is 0 Å². The first-order chi connectivity index (χ1) is 7.24. The van der Waals surface area contributed by atoms with Gasteiger partial charge >= 0.3 is 0 Å². The number of nitrogens with zero attached hydrogens (tertiary/aromatic N) is 3. The first-order valence-electron chi connectivity index (χ1n) is 5.69. The Morgan fingerprint density at radius 2 is 2.40 bits per heavy atom. The van der Waals surface area contributed by atoms with Crippen LogP contribution in [0.5, 0.6) is 0 Å². The van der Waals surface area contributed by atoms with Crippen molar-refractivity contribution in [1.82, 2.24) is 20.0 Å². The van der Waals surface area contributed by atoms with Gasteiger partial charge in [0.25, 0.3) is 0 Å². The minimum absolute atomic E-state index is 0.623. The SMILES string of the molecule is Cc1cnn(CCN2CCNC(C)C2)c1. The van der Waals surface area contributed by atoms with Gasteiger partial charge in [0.05, 0.1) is 12.7 Å². The first-order valence-corrected chi connectivity index (χ1v) is 5.69. The van der Waals surface area contributed by atoms with Gasteiger partial charge in [0.2, 0.25) is 0 Å². The second kappa shape index (κ2) is 4.77. The van der Waals surface area contributed by atoms with Gasteiger partial charge in [-0.3, -0.25) is 9.58 Å². The van der Waals surface area contributed by atoms with Gasteiger partial charge in [-0.25, -0.2) is 0 Å². The number of aryl methyl sites for hydroxylation is 1. The highest BCUT2D eigenvalue weighted by Crippen LogP contribution is 2.00. The summed E-state index contributed by atoms with van der Waals surface area (Å²) >= 11 is 0. The van der Waals surface area contributed by atoms with Crippen molar-refractivity contribution < 1.29 is 0 Å². The van der Waals surface area contributed by atoms with Crippen LogP contribution in [0.2, 0.25) is 0 Å². The predicted octanol–water partition coefficient (Wildman–Crippen LogP) is 0.485. The maximum Gasteiger partial charge on any atom is 0.0536 e. The maximum absolute atomic E-state index is 4.29. The Hall–Kier alpha value is -0.870. The van der Waals surface area contributed by atoms with Crippen molar-refractivity contribution in [1.29, 1.82) is 0 Å². The van der Waals surface area contributed by atoms with E-state index in [1.54, 1.807) is 0 Å². The Labute approximate surface area is 91.3 Å². The van der Waals surface area contributed by atoms with Crippen LogP contribution in [0, 0.1) is 6.92 Å². The molecular weight excluding hydrogens is 188 g/mol. The van der Waals surface area contributed by atoms with Gasteiger partial charge < -0.3 is 5.32 Å². The van der Waals surface area contributed by atoms with Crippen LogP contribution < -0.4 is 5.32 Å². The molecule has 4 heteroatoms. The molecule has 1 unspecified atom stereocenters. The van der Waals surface area contributed by atoms with Crippen molar-refractivity contribution in [3.8, 4) is 0 Å². The van der Waals surface area contributed by atoms with Gasteiger partial charge in [-0.15, -0.1) is 0 Å². The highest BCUT2D eigenvalue weighted by atomic mass is 15.3. The summed E-state index contributed by atoms with van der Waals surface area (Å²) in [7, 11) is 0. The van der Waals surface area contributed by atoms with Crippen molar-refractivity contribution in [3.05, 3.63) is 18.0 Å². The number of rotatable bonds is 3. The molecule has 1 aromatic rings. The molecule has 1 N–H and O–H groups in total. The van der Waals surface area contributed by atoms with Crippen LogP contribution in [-0.4, -0.2) is 46.9 Å². The van der Waals surface area contributed by atoms with Crippen molar-refractivity contribution in [3.63, 3.8) is 0 Å². The zero-order valence-electron chi connectivity index (χ0n) is 9.61. The smallest absolute Gasteiger partial charge is 0.0536 e. The minimum Gasteiger partial charge on any atom is -0.312 e. The molecule has 1 aliphatic heterocycles. The lowest BCUT2D eigenvalue weighted by Crippen LogP contribution is -2.49. The molecule has 4 nitrogen and oxygen atoms in total. The monoisotopic (exact) mass is 208 g/mol. The van der Waals surface area contributed by atoms with Crippen LogP contribution in [0.3, 0.4) is 0 Å². The fraction of sp³-hybridized carbons (Fsp3) is 0.727. The van der Waals surface area contributed by atoms with E-state index in [1.807, 2.05) is 10.9 Å². The summed E-state index contributed by atoms with van der Waals surface area (Å²) in [6.07, 6.45) is 4.02. The lowest BCUT2D eigenvalue weighted by Gasteiger charge is -2.31. The Balaban J connectivity index is 1.77. The Kier molecular flexibility index (Phi) is 3.38. The van der Waals surface area contributed by atoms with Gasteiger partial charge in [0.15, 0.2) is 0 Å². The first kappa shape index (κ1) is 10.6. The molecular formula is C11H20N4. The van der Waals surface area contributed by atoms with Gasteiger partial charge in [-0.2, -0.15) is 5.10 Å². The van der Waals surface area contributed by atoms with E-state index in [4.69, 9.17) is 0 Å². The molecule has 1 atom stereocenters. The third-order valence-corrected chi connectivity index (χ3v) is 2.86. The fourth-order valence-corrected chi connectivity index (χ4v) is 2.05. The largest absolute Gasteiger partial charge is 0.312 e. The summed E-state index contributed by atoms with van der Waals surface area (Å²) in [4.78, 5) is 2.50. The van der Waals surface area contributed by atoms with Crippen molar-refractivity contribution >= 4 is 0 Å². The standard InChI is InChI=1S/C11H20N4/c1-10-7-13-15(8-10)6-5-14-4-3-12-11(2)9-14/h7-8,11-12H,3-6,9H2,1-2H3. The number of hydrogen-bond acceptors (Lipinski definition) is 3. The molecule has 84 valence electrons. The van der Waals surface area contributed by atoms with Crippen molar-refractivity contribution in [2.75, 3.05) is 26.2 Å². The van der Waals surface area contributed by atoms with Crippen LogP contribution in [0.4, 0.5) is 0 Å². The highest BCUT2D eigenvalue weighted by molar-refractivity contribution is 4.99. The van der Waals surface area contributed by atoms with E-state index in [0.29, 0.717) is 6.04 Å². The molecule has 1 aliphatic rings. The molecule has 2 heterocycles. The van der Waals surface area contributed by atoms with E-state index in [2.05, 4.69) is 35.4 Å². The molecule has 0 amide bonds. The summed E-state index contributed by atoms with van der Waals surface area (Å²) in [6, 6.07) is 0.623. The molecule has 15 heavy (non-hydrogen) atoms. The Bertz CT molecular complexity index is 307. The molecule has 0 aromatic carbocycles. The summed E-state index contributed by atoms with van der Waals surface area (Å²) in [5.41, 5.74) is 1.24. The van der Waals surface area contributed by atoms with Gasteiger partial charge in [0, 0.05) is 38.4 Å². The molecule has 1 fully saturated rings. The maximum atomic E-state index is 4.29. The molecule has 0 spiro atoms.